The van der Waals surface area contributed by atoms with E-state index in [1.807, 2.05) is 0 Å². The Morgan fingerprint density at radius 3 is 2.61 bits per heavy atom. The summed E-state index contributed by atoms with van der Waals surface area (Å²) < 4.78 is 13.4. The normalized spacial score (nSPS) is 33.9. The minimum atomic E-state index is -0.338. The third kappa shape index (κ3) is 1.77. The van der Waals surface area contributed by atoms with Crippen LogP contribution in [-0.4, -0.2) is 11.8 Å². The van der Waals surface area contributed by atoms with E-state index in [2.05, 4.69) is 0 Å². The number of carbonyl (C=O) groups is 1. The van der Waals surface area contributed by atoms with Crippen LogP contribution in [0.2, 0.25) is 0 Å². The highest BCUT2D eigenvalue weighted by atomic mass is 19.1. The van der Waals surface area contributed by atoms with Gasteiger partial charge in [-0.1, -0.05) is 0 Å². The lowest BCUT2D eigenvalue weighted by Gasteiger charge is -2.27. The van der Waals surface area contributed by atoms with Gasteiger partial charge in [0.1, 0.15) is 5.82 Å². The van der Waals surface area contributed by atoms with Crippen LogP contribution in [0.3, 0.4) is 0 Å². The van der Waals surface area contributed by atoms with Gasteiger partial charge in [-0.3, -0.25) is 4.79 Å². The van der Waals surface area contributed by atoms with Crippen LogP contribution in [0.5, 0.6) is 0 Å². The third-order valence-corrected chi connectivity index (χ3v) is 4.61. The molecule has 2 saturated carbocycles. The number of Topliss-reactive ketones (excluding diaryl/α,β-unsaturated/α-hetero) is 1. The molecule has 0 amide bonds. The first-order chi connectivity index (χ1) is 8.56. The zero-order valence-corrected chi connectivity index (χ0v) is 10.5. The number of rotatable bonds is 2. The quantitative estimate of drug-likeness (QED) is 0.816. The molecule has 2 bridgehead atoms. The van der Waals surface area contributed by atoms with Crippen molar-refractivity contribution in [3.63, 3.8) is 0 Å². The van der Waals surface area contributed by atoms with Crippen molar-refractivity contribution in [3.05, 3.63) is 35.1 Å². The van der Waals surface area contributed by atoms with E-state index in [0.29, 0.717) is 17.4 Å². The minimum Gasteiger partial charge on any atom is -0.327 e. The van der Waals surface area contributed by atoms with E-state index in [0.717, 1.165) is 24.8 Å². The van der Waals surface area contributed by atoms with Crippen LogP contribution >= 0.6 is 0 Å². The monoisotopic (exact) mass is 247 g/mol. The molecule has 2 fully saturated rings. The Morgan fingerprint density at radius 1 is 1.28 bits per heavy atom. The molecule has 0 saturated heterocycles. The standard InChI is InChI=1S/C15H18FNO/c1-8-4-11(7-12(16)5-8)15(18)13-9-2-3-10(6-9)14(13)17/h4-5,7,9-10,13-14H,2-3,6,17H2,1H3. The molecule has 0 heterocycles. The summed E-state index contributed by atoms with van der Waals surface area (Å²) in [4.78, 5) is 12.5. The van der Waals surface area contributed by atoms with Crippen molar-refractivity contribution in [2.75, 3.05) is 0 Å². The van der Waals surface area contributed by atoms with E-state index in [-0.39, 0.29) is 23.6 Å². The Bertz CT molecular complexity index is 477. The Morgan fingerprint density at radius 2 is 2.00 bits per heavy atom. The minimum absolute atomic E-state index is 0.0279. The summed E-state index contributed by atoms with van der Waals surface area (Å²) in [6.07, 6.45) is 3.33. The van der Waals surface area contributed by atoms with Gasteiger partial charge in [0.15, 0.2) is 5.78 Å². The van der Waals surface area contributed by atoms with Gasteiger partial charge in [0.05, 0.1) is 0 Å². The Balaban J connectivity index is 1.90. The lowest BCUT2D eigenvalue weighted by Crippen LogP contribution is -2.40. The number of benzene rings is 1. The van der Waals surface area contributed by atoms with Crippen LogP contribution in [0.1, 0.15) is 35.2 Å². The number of hydrogen-bond acceptors (Lipinski definition) is 2. The molecule has 4 unspecified atom stereocenters. The predicted molar refractivity (Wildman–Crippen MR) is 67.8 cm³/mol. The Hall–Kier alpha value is -1.22. The van der Waals surface area contributed by atoms with Gasteiger partial charge in [-0.15, -0.1) is 0 Å². The fraction of sp³-hybridized carbons (Fsp3) is 0.533. The molecule has 3 rings (SSSR count). The molecular weight excluding hydrogens is 229 g/mol. The van der Waals surface area contributed by atoms with E-state index < -0.39 is 0 Å². The van der Waals surface area contributed by atoms with Crippen LogP contribution in [0.4, 0.5) is 4.39 Å². The van der Waals surface area contributed by atoms with Crippen molar-refractivity contribution in [3.8, 4) is 0 Å². The maximum atomic E-state index is 13.4. The van der Waals surface area contributed by atoms with Crippen molar-refractivity contribution in [2.45, 2.75) is 32.2 Å². The zero-order valence-electron chi connectivity index (χ0n) is 10.5. The largest absolute Gasteiger partial charge is 0.327 e. The summed E-state index contributed by atoms with van der Waals surface area (Å²) in [7, 11) is 0. The molecule has 2 N–H and O–H groups in total. The second-order valence-corrected chi connectivity index (χ2v) is 5.82. The number of halogens is 1. The summed E-state index contributed by atoms with van der Waals surface area (Å²) in [6.45, 7) is 1.81. The molecule has 4 atom stereocenters. The first-order valence-electron chi connectivity index (χ1n) is 6.63. The first-order valence-corrected chi connectivity index (χ1v) is 6.63. The van der Waals surface area contributed by atoms with Crippen LogP contribution in [0, 0.1) is 30.5 Å². The molecule has 0 aliphatic heterocycles. The molecule has 1 aromatic carbocycles. The molecule has 96 valence electrons. The third-order valence-electron chi connectivity index (χ3n) is 4.61. The average molecular weight is 247 g/mol. The molecule has 3 heteroatoms. The van der Waals surface area contributed by atoms with Crippen LogP contribution in [-0.2, 0) is 0 Å². The number of aryl methyl sites for hydroxylation is 1. The van der Waals surface area contributed by atoms with Crippen molar-refractivity contribution in [1.82, 2.24) is 0 Å². The first kappa shape index (κ1) is 11.8. The molecule has 18 heavy (non-hydrogen) atoms. The van der Waals surface area contributed by atoms with Gasteiger partial charge in [-0.2, -0.15) is 0 Å². The van der Waals surface area contributed by atoms with E-state index in [4.69, 9.17) is 5.73 Å². The fourth-order valence-corrected chi connectivity index (χ4v) is 3.80. The van der Waals surface area contributed by atoms with Gasteiger partial charge in [0.25, 0.3) is 0 Å². The molecule has 0 aromatic heterocycles. The van der Waals surface area contributed by atoms with Crippen molar-refractivity contribution < 1.29 is 9.18 Å². The molecule has 1 aromatic rings. The molecule has 2 nitrogen and oxygen atoms in total. The predicted octanol–water partition coefficient (Wildman–Crippen LogP) is 2.69. The topological polar surface area (TPSA) is 43.1 Å². The van der Waals surface area contributed by atoms with Gasteiger partial charge >= 0.3 is 0 Å². The smallest absolute Gasteiger partial charge is 0.167 e. The summed E-state index contributed by atoms with van der Waals surface area (Å²) in [5.74, 6) is 0.525. The van der Waals surface area contributed by atoms with Gasteiger partial charge in [0, 0.05) is 17.5 Å². The fourth-order valence-electron chi connectivity index (χ4n) is 3.80. The van der Waals surface area contributed by atoms with Gasteiger partial charge in [0.2, 0.25) is 0 Å². The van der Waals surface area contributed by atoms with E-state index in [1.54, 1.807) is 13.0 Å². The van der Waals surface area contributed by atoms with Crippen LogP contribution in [0.15, 0.2) is 18.2 Å². The summed E-state index contributed by atoms with van der Waals surface area (Å²) in [5, 5.41) is 0. The molecule has 2 aliphatic rings. The van der Waals surface area contributed by atoms with E-state index >= 15 is 0 Å². The molecular formula is C15H18FNO. The van der Waals surface area contributed by atoms with Crippen LogP contribution < -0.4 is 5.73 Å². The lowest BCUT2D eigenvalue weighted by atomic mass is 9.80. The van der Waals surface area contributed by atoms with Crippen molar-refractivity contribution >= 4 is 5.78 Å². The molecule has 0 radical (unpaired) electrons. The van der Waals surface area contributed by atoms with Crippen molar-refractivity contribution in [2.24, 2.45) is 23.5 Å². The van der Waals surface area contributed by atoms with Gasteiger partial charge < -0.3 is 5.73 Å². The highest BCUT2D eigenvalue weighted by Gasteiger charge is 2.49. The highest BCUT2D eigenvalue weighted by molar-refractivity contribution is 5.99. The summed E-state index contributed by atoms with van der Waals surface area (Å²) in [6, 6.07) is 4.52. The number of fused-ring (bicyclic) bond motifs is 2. The van der Waals surface area contributed by atoms with E-state index in [1.165, 1.54) is 12.1 Å². The Kier molecular flexibility index (Phi) is 2.74. The maximum absolute atomic E-state index is 13.4. The number of ketones is 1. The summed E-state index contributed by atoms with van der Waals surface area (Å²) >= 11 is 0. The van der Waals surface area contributed by atoms with Gasteiger partial charge in [-0.05, 0) is 61.8 Å². The highest BCUT2D eigenvalue weighted by Crippen LogP contribution is 2.48. The second-order valence-electron chi connectivity index (χ2n) is 5.82. The summed E-state index contributed by atoms with van der Waals surface area (Å²) in [5.41, 5.74) is 7.44. The average Bonchev–Trinajstić information content (AvgIpc) is 2.87. The van der Waals surface area contributed by atoms with Crippen molar-refractivity contribution in [1.29, 1.82) is 0 Å². The number of carbonyl (C=O) groups excluding carboxylic acids is 1. The second kappa shape index (κ2) is 4.16. The molecule has 0 spiro atoms. The maximum Gasteiger partial charge on any atom is 0.167 e. The zero-order chi connectivity index (χ0) is 12.9. The Labute approximate surface area is 106 Å². The SMILES string of the molecule is Cc1cc(F)cc(C(=O)C2C3CCC(C3)C2N)c1. The number of hydrogen-bond donors (Lipinski definition) is 1. The van der Waals surface area contributed by atoms with Gasteiger partial charge in [-0.25, -0.2) is 4.39 Å². The van der Waals surface area contributed by atoms with Crippen LogP contribution in [0.25, 0.3) is 0 Å². The van der Waals surface area contributed by atoms with E-state index in [9.17, 15) is 9.18 Å². The number of nitrogens with two attached hydrogens (primary N) is 1. The lowest BCUT2D eigenvalue weighted by molar-refractivity contribution is 0.0855. The molecule has 2 aliphatic carbocycles.